The van der Waals surface area contributed by atoms with Crippen molar-refractivity contribution in [2.24, 2.45) is 5.92 Å². The van der Waals surface area contributed by atoms with Crippen LogP contribution in [0.2, 0.25) is 0 Å². The lowest BCUT2D eigenvalue weighted by molar-refractivity contribution is -0.130. The minimum atomic E-state index is -0.550. The Morgan fingerprint density at radius 1 is 1.35 bits per heavy atom. The Labute approximate surface area is 151 Å². The summed E-state index contributed by atoms with van der Waals surface area (Å²) in [6.45, 7) is 4.38. The summed E-state index contributed by atoms with van der Waals surface area (Å²) < 4.78 is 5.34. The molecule has 0 radical (unpaired) electrons. The number of nitrogens with one attached hydrogen (secondary N) is 2. The van der Waals surface area contributed by atoms with Crippen LogP contribution in [0.4, 0.5) is 0 Å². The van der Waals surface area contributed by atoms with Crippen molar-refractivity contribution in [3.8, 4) is 0 Å². The van der Waals surface area contributed by atoms with E-state index in [1.165, 1.54) is 6.20 Å². The Kier molecular flexibility index (Phi) is 5.68. The number of rotatable bonds is 6. The summed E-state index contributed by atoms with van der Waals surface area (Å²) in [5.41, 5.74) is 0.324. The Hall–Kier alpha value is -2.67. The fourth-order valence-corrected chi connectivity index (χ4v) is 3.15. The number of para-hydroxylation sites is 1. The quantitative estimate of drug-likeness (QED) is 0.811. The molecule has 7 heteroatoms. The Morgan fingerprint density at radius 2 is 2.15 bits per heavy atom. The number of H-pyrrole nitrogens is 1. The summed E-state index contributed by atoms with van der Waals surface area (Å²) in [6, 6.07) is 6.99. The van der Waals surface area contributed by atoms with Crippen molar-refractivity contribution in [1.29, 1.82) is 0 Å². The minimum absolute atomic E-state index is 0.00346. The highest BCUT2D eigenvalue weighted by Gasteiger charge is 2.22. The van der Waals surface area contributed by atoms with Crippen molar-refractivity contribution in [2.45, 2.75) is 13.3 Å². The monoisotopic (exact) mass is 357 g/mol. The third kappa shape index (κ3) is 3.94. The third-order valence-corrected chi connectivity index (χ3v) is 4.67. The molecular weight excluding hydrogens is 334 g/mol. The molecule has 0 bridgehead atoms. The van der Waals surface area contributed by atoms with Gasteiger partial charge >= 0.3 is 0 Å². The molecule has 1 unspecified atom stereocenters. The number of aromatic nitrogens is 1. The molecule has 2 heterocycles. The van der Waals surface area contributed by atoms with E-state index in [1.807, 2.05) is 13.0 Å². The largest absolute Gasteiger partial charge is 0.381 e. The molecule has 1 atom stereocenters. The van der Waals surface area contributed by atoms with Gasteiger partial charge in [-0.3, -0.25) is 14.4 Å². The van der Waals surface area contributed by atoms with Gasteiger partial charge in [-0.25, -0.2) is 0 Å². The molecule has 2 amide bonds. The van der Waals surface area contributed by atoms with Crippen LogP contribution in [-0.4, -0.2) is 54.5 Å². The maximum Gasteiger partial charge on any atom is 0.257 e. The molecular formula is C19H23N3O4. The van der Waals surface area contributed by atoms with Crippen LogP contribution in [0.3, 0.4) is 0 Å². The summed E-state index contributed by atoms with van der Waals surface area (Å²) in [4.78, 5) is 41.8. The SMILES string of the molecule is CCN(CC1CCOC1)C(=O)CNC(=O)c1c[nH]c2ccccc2c1=O. The Bertz CT molecular complexity index is 855. The molecule has 138 valence electrons. The number of benzene rings is 1. The first-order chi connectivity index (χ1) is 12.6. The summed E-state index contributed by atoms with van der Waals surface area (Å²) in [7, 11) is 0. The molecule has 2 N–H and O–H groups in total. The van der Waals surface area contributed by atoms with E-state index in [-0.39, 0.29) is 23.4 Å². The van der Waals surface area contributed by atoms with Crippen LogP contribution >= 0.6 is 0 Å². The smallest absolute Gasteiger partial charge is 0.257 e. The lowest BCUT2D eigenvalue weighted by Gasteiger charge is -2.23. The molecule has 3 rings (SSSR count). The van der Waals surface area contributed by atoms with Crippen molar-refractivity contribution in [3.05, 3.63) is 46.2 Å². The zero-order valence-electron chi connectivity index (χ0n) is 14.8. The van der Waals surface area contributed by atoms with Gasteiger partial charge < -0.3 is 19.9 Å². The fourth-order valence-electron chi connectivity index (χ4n) is 3.15. The zero-order chi connectivity index (χ0) is 18.5. The maximum atomic E-state index is 12.4. The normalized spacial score (nSPS) is 16.6. The van der Waals surface area contributed by atoms with Crippen LogP contribution in [0.5, 0.6) is 0 Å². The molecule has 1 aromatic heterocycles. The molecule has 0 saturated carbocycles. The van der Waals surface area contributed by atoms with Gasteiger partial charge in [-0.15, -0.1) is 0 Å². The van der Waals surface area contributed by atoms with Crippen molar-refractivity contribution in [2.75, 3.05) is 32.8 Å². The average molecular weight is 357 g/mol. The van der Waals surface area contributed by atoms with E-state index in [4.69, 9.17) is 4.74 Å². The van der Waals surface area contributed by atoms with Gasteiger partial charge in [-0.1, -0.05) is 12.1 Å². The minimum Gasteiger partial charge on any atom is -0.381 e. The number of ether oxygens (including phenoxy) is 1. The summed E-state index contributed by atoms with van der Waals surface area (Å²) in [5, 5.41) is 3.01. The van der Waals surface area contributed by atoms with Gasteiger partial charge in [0.1, 0.15) is 5.56 Å². The first-order valence-electron chi connectivity index (χ1n) is 8.84. The molecule has 0 spiro atoms. The van der Waals surface area contributed by atoms with Gasteiger partial charge in [-0.2, -0.15) is 0 Å². The maximum absolute atomic E-state index is 12.4. The number of aromatic amines is 1. The van der Waals surface area contributed by atoms with Crippen LogP contribution in [-0.2, 0) is 9.53 Å². The molecule has 26 heavy (non-hydrogen) atoms. The van der Waals surface area contributed by atoms with E-state index in [2.05, 4.69) is 10.3 Å². The van der Waals surface area contributed by atoms with Crippen molar-refractivity contribution in [3.63, 3.8) is 0 Å². The number of likely N-dealkylation sites (N-methyl/N-ethyl adjacent to an activating group) is 1. The highest BCUT2D eigenvalue weighted by atomic mass is 16.5. The van der Waals surface area contributed by atoms with Crippen molar-refractivity contribution < 1.29 is 14.3 Å². The second kappa shape index (κ2) is 8.14. The highest BCUT2D eigenvalue weighted by Crippen LogP contribution is 2.14. The number of carbonyl (C=O) groups is 2. The van der Waals surface area contributed by atoms with Crippen LogP contribution in [0, 0.1) is 5.92 Å². The topological polar surface area (TPSA) is 91.5 Å². The molecule has 7 nitrogen and oxygen atoms in total. The van der Waals surface area contributed by atoms with E-state index < -0.39 is 5.91 Å². The predicted octanol–water partition coefficient (Wildman–Crippen LogP) is 1.14. The van der Waals surface area contributed by atoms with Crippen LogP contribution in [0.15, 0.2) is 35.3 Å². The first kappa shape index (κ1) is 18.1. The summed E-state index contributed by atoms with van der Waals surface area (Å²) >= 11 is 0. The van der Waals surface area contributed by atoms with E-state index in [0.717, 1.165) is 13.0 Å². The molecule has 1 aliphatic rings. The number of amides is 2. The molecule has 1 aliphatic heterocycles. The number of fused-ring (bicyclic) bond motifs is 1. The van der Waals surface area contributed by atoms with E-state index in [0.29, 0.717) is 36.5 Å². The second-order valence-corrected chi connectivity index (χ2v) is 6.42. The summed E-state index contributed by atoms with van der Waals surface area (Å²) in [5.74, 6) is -0.367. The predicted molar refractivity (Wildman–Crippen MR) is 98.1 cm³/mol. The van der Waals surface area contributed by atoms with Gasteiger partial charge in [-0.05, 0) is 25.5 Å². The highest BCUT2D eigenvalue weighted by molar-refractivity contribution is 5.98. The van der Waals surface area contributed by atoms with E-state index in [1.54, 1.807) is 23.1 Å². The molecule has 2 aromatic rings. The number of pyridine rings is 1. The van der Waals surface area contributed by atoms with Gasteiger partial charge in [0.2, 0.25) is 11.3 Å². The van der Waals surface area contributed by atoms with Crippen LogP contribution < -0.4 is 10.7 Å². The third-order valence-electron chi connectivity index (χ3n) is 4.67. The Balaban J connectivity index is 1.63. The van der Waals surface area contributed by atoms with E-state index in [9.17, 15) is 14.4 Å². The second-order valence-electron chi connectivity index (χ2n) is 6.42. The number of hydrogen-bond acceptors (Lipinski definition) is 4. The lowest BCUT2D eigenvalue weighted by Crippen LogP contribution is -2.43. The lowest BCUT2D eigenvalue weighted by atomic mass is 10.1. The van der Waals surface area contributed by atoms with Crippen LogP contribution in [0.25, 0.3) is 10.9 Å². The van der Waals surface area contributed by atoms with Crippen molar-refractivity contribution >= 4 is 22.7 Å². The van der Waals surface area contributed by atoms with E-state index >= 15 is 0 Å². The van der Waals surface area contributed by atoms with Crippen LogP contribution in [0.1, 0.15) is 23.7 Å². The fraction of sp³-hybridized carbons (Fsp3) is 0.421. The standard InChI is InChI=1S/C19H23N3O4/c1-2-22(11-13-7-8-26-12-13)17(23)10-21-19(25)15-9-20-16-6-4-3-5-14(16)18(15)24/h3-6,9,13H,2,7-8,10-12H2,1H3,(H,20,24)(H,21,25). The molecule has 0 aliphatic carbocycles. The summed E-state index contributed by atoms with van der Waals surface area (Å²) in [6.07, 6.45) is 2.33. The number of nitrogens with zero attached hydrogens (tertiary/aromatic N) is 1. The number of carbonyl (C=O) groups excluding carboxylic acids is 2. The average Bonchev–Trinajstić information content (AvgIpc) is 3.17. The zero-order valence-corrected chi connectivity index (χ0v) is 14.8. The molecule has 1 fully saturated rings. The van der Waals surface area contributed by atoms with Crippen molar-refractivity contribution in [1.82, 2.24) is 15.2 Å². The van der Waals surface area contributed by atoms with Gasteiger partial charge in [0.05, 0.1) is 13.2 Å². The van der Waals surface area contributed by atoms with Gasteiger partial charge in [0.25, 0.3) is 5.91 Å². The molecule has 1 aromatic carbocycles. The number of hydrogen-bond donors (Lipinski definition) is 2. The Morgan fingerprint density at radius 3 is 2.88 bits per heavy atom. The first-order valence-corrected chi connectivity index (χ1v) is 8.84. The van der Waals surface area contributed by atoms with Gasteiger partial charge in [0, 0.05) is 42.7 Å². The van der Waals surface area contributed by atoms with Gasteiger partial charge in [0.15, 0.2) is 0 Å². The molecule has 1 saturated heterocycles.